The molecule has 4 rings (SSSR count). The van der Waals surface area contributed by atoms with Gasteiger partial charge in [-0.05, 0) is 26.0 Å². The number of aromatic nitrogens is 5. The van der Waals surface area contributed by atoms with E-state index in [1.807, 2.05) is 25.6 Å². The topological polar surface area (TPSA) is 111 Å². The monoisotopic (exact) mass is 351 g/mol. The molecule has 26 heavy (non-hydrogen) atoms. The normalized spacial score (nSPS) is 19.7. The van der Waals surface area contributed by atoms with E-state index in [9.17, 15) is 0 Å². The molecular formula is C17H21N9. The van der Waals surface area contributed by atoms with Crippen LogP contribution in [-0.4, -0.2) is 30.3 Å². The fraction of sp³-hybridized carbons (Fsp3) is 0.294. The van der Waals surface area contributed by atoms with Gasteiger partial charge in [0.25, 0.3) is 0 Å². The van der Waals surface area contributed by atoms with Gasteiger partial charge in [-0.2, -0.15) is 5.10 Å². The van der Waals surface area contributed by atoms with E-state index in [0.29, 0.717) is 17.7 Å². The summed E-state index contributed by atoms with van der Waals surface area (Å²) in [5.74, 6) is 0.530. The number of rotatable bonds is 3. The Balaban J connectivity index is 1.70. The lowest BCUT2D eigenvalue weighted by Crippen LogP contribution is -2.42. The average molecular weight is 351 g/mol. The number of hydrogen-bond donors (Lipinski definition) is 3. The lowest BCUT2D eigenvalue weighted by molar-refractivity contribution is 0.562. The number of nitrogens with two attached hydrogens (primary N) is 1. The highest BCUT2D eigenvalue weighted by molar-refractivity contribution is 5.95. The Bertz CT molecular complexity index is 1010. The van der Waals surface area contributed by atoms with Crippen LogP contribution in [0.25, 0.3) is 11.0 Å². The van der Waals surface area contributed by atoms with Crippen molar-refractivity contribution in [2.75, 3.05) is 5.32 Å². The number of aliphatic imine (C=N–C) groups is 1. The van der Waals surface area contributed by atoms with Crippen LogP contribution in [0.4, 0.5) is 5.69 Å². The van der Waals surface area contributed by atoms with E-state index in [2.05, 4.69) is 49.1 Å². The van der Waals surface area contributed by atoms with Crippen molar-refractivity contribution in [3.8, 4) is 0 Å². The molecule has 4 heterocycles. The fourth-order valence-corrected chi connectivity index (χ4v) is 2.89. The van der Waals surface area contributed by atoms with E-state index in [1.54, 1.807) is 29.4 Å². The lowest BCUT2D eigenvalue weighted by Gasteiger charge is -2.26. The number of hydrogen-bond acceptors (Lipinski definition) is 7. The molecule has 1 atom stereocenters. The SMILES string of the molecule is CC(C)n1cnc2cnc(C3(N)C=CNC(Nc4cnn(C)c4)=N3)cc21. The number of aryl methyl sites for hydroxylation is 1. The third-order valence-corrected chi connectivity index (χ3v) is 4.25. The third kappa shape index (κ3) is 2.82. The second kappa shape index (κ2) is 5.95. The first kappa shape index (κ1) is 16.3. The van der Waals surface area contributed by atoms with Gasteiger partial charge in [0.15, 0.2) is 5.66 Å². The van der Waals surface area contributed by atoms with Gasteiger partial charge in [-0.15, -0.1) is 0 Å². The summed E-state index contributed by atoms with van der Waals surface area (Å²) in [4.78, 5) is 13.5. The molecule has 0 amide bonds. The molecule has 1 aliphatic rings. The highest BCUT2D eigenvalue weighted by atomic mass is 15.3. The maximum Gasteiger partial charge on any atom is 0.202 e. The Morgan fingerprint density at radius 1 is 1.27 bits per heavy atom. The van der Waals surface area contributed by atoms with Crippen molar-refractivity contribution in [2.45, 2.75) is 25.6 Å². The number of anilines is 1. The van der Waals surface area contributed by atoms with Gasteiger partial charge in [0.05, 0.1) is 35.6 Å². The number of nitrogens with one attached hydrogen (secondary N) is 2. The van der Waals surface area contributed by atoms with E-state index in [4.69, 9.17) is 5.73 Å². The van der Waals surface area contributed by atoms with Crippen molar-refractivity contribution in [3.05, 3.63) is 49.0 Å². The summed E-state index contributed by atoms with van der Waals surface area (Å²) in [6.07, 6.45) is 10.7. The molecule has 9 heteroatoms. The van der Waals surface area contributed by atoms with Crippen molar-refractivity contribution in [2.24, 2.45) is 17.8 Å². The molecule has 0 radical (unpaired) electrons. The first-order chi connectivity index (χ1) is 12.4. The Morgan fingerprint density at radius 3 is 2.85 bits per heavy atom. The smallest absolute Gasteiger partial charge is 0.202 e. The molecule has 9 nitrogen and oxygen atoms in total. The van der Waals surface area contributed by atoms with Crippen LogP contribution in [0.15, 0.2) is 48.3 Å². The van der Waals surface area contributed by atoms with Crippen LogP contribution in [0, 0.1) is 0 Å². The van der Waals surface area contributed by atoms with Gasteiger partial charge in [0, 0.05) is 25.5 Å². The molecule has 3 aromatic rings. The number of fused-ring (bicyclic) bond motifs is 1. The third-order valence-electron chi connectivity index (χ3n) is 4.25. The summed E-state index contributed by atoms with van der Waals surface area (Å²) in [5, 5.41) is 10.4. The van der Waals surface area contributed by atoms with Crippen LogP contribution >= 0.6 is 0 Å². The van der Waals surface area contributed by atoms with Gasteiger partial charge in [-0.25, -0.2) is 9.98 Å². The maximum atomic E-state index is 6.55. The number of imidazole rings is 1. The van der Waals surface area contributed by atoms with Crippen LogP contribution in [0.1, 0.15) is 25.6 Å². The van der Waals surface area contributed by atoms with Crippen LogP contribution in [0.3, 0.4) is 0 Å². The molecule has 1 unspecified atom stereocenters. The summed E-state index contributed by atoms with van der Waals surface area (Å²) in [6.45, 7) is 4.22. The summed E-state index contributed by atoms with van der Waals surface area (Å²) in [6, 6.07) is 2.24. The van der Waals surface area contributed by atoms with Crippen molar-refractivity contribution in [1.82, 2.24) is 29.6 Å². The standard InChI is InChI=1S/C17H21N9/c1-11(2)26-10-21-13-8-20-15(6-14(13)26)17(18)4-5-19-16(24-17)23-12-7-22-25(3)9-12/h4-11H,18H2,1-3H3,(H2,19,23,24). The number of nitrogens with zero attached hydrogens (tertiary/aromatic N) is 6. The lowest BCUT2D eigenvalue weighted by atomic mass is 10.1. The molecule has 134 valence electrons. The second-order valence-corrected chi connectivity index (χ2v) is 6.59. The van der Waals surface area contributed by atoms with Gasteiger partial charge in [0.2, 0.25) is 5.96 Å². The quantitative estimate of drug-likeness (QED) is 0.658. The summed E-state index contributed by atoms with van der Waals surface area (Å²) in [7, 11) is 1.85. The van der Waals surface area contributed by atoms with Gasteiger partial charge < -0.3 is 15.2 Å². The van der Waals surface area contributed by atoms with E-state index in [1.165, 1.54) is 0 Å². The predicted molar refractivity (Wildman–Crippen MR) is 100 cm³/mol. The van der Waals surface area contributed by atoms with Crippen LogP contribution in [0.5, 0.6) is 0 Å². The number of guanidine groups is 1. The summed E-state index contributed by atoms with van der Waals surface area (Å²) < 4.78 is 3.80. The molecule has 0 saturated heterocycles. The van der Waals surface area contributed by atoms with Crippen LogP contribution < -0.4 is 16.4 Å². The van der Waals surface area contributed by atoms with E-state index in [0.717, 1.165) is 16.7 Å². The Hall–Kier alpha value is -3.20. The number of pyridine rings is 1. The van der Waals surface area contributed by atoms with E-state index >= 15 is 0 Å². The average Bonchev–Trinajstić information content (AvgIpc) is 3.20. The maximum absolute atomic E-state index is 6.55. The fourth-order valence-electron chi connectivity index (χ4n) is 2.89. The second-order valence-electron chi connectivity index (χ2n) is 6.59. The first-order valence-corrected chi connectivity index (χ1v) is 8.36. The van der Waals surface area contributed by atoms with Crippen molar-refractivity contribution >= 4 is 22.7 Å². The van der Waals surface area contributed by atoms with Gasteiger partial charge in [0.1, 0.15) is 5.52 Å². The van der Waals surface area contributed by atoms with Crippen molar-refractivity contribution < 1.29 is 0 Å². The minimum atomic E-state index is -1.07. The molecule has 4 N–H and O–H groups in total. The van der Waals surface area contributed by atoms with Gasteiger partial charge in [-0.1, -0.05) is 0 Å². The minimum Gasteiger partial charge on any atom is -0.333 e. The van der Waals surface area contributed by atoms with E-state index in [-0.39, 0.29) is 0 Å². The largest absolute Gasteiger partial charge is 0.333 e. The molecule has 0 aromatic carbocycles. The Morgan fingerprint density at radius 2 is 2.12 bits per heavy atom. The molecule has 0 bridgehead atoms. The van der Waals surface area contributed by atoms with Gasteiger partial charge in [-0.3, -0.25) is 15.4 Å². The van der Waals surface area contributed by atoms with Gasteiger partial charge >= 0.3 is 0 Å². The predicted octanol–water partition coefficient (Wildman–Crippen LogP) is 1.44. The highest BCUT2D eigenvalue weighted by Crippen LogP contribution is 2.26. The highest BCUT2D eigenvalue weighted by Gasteiger charge is 2.29. The zero-order chi connectivity index (χ0) is 18.3. The summed E-state index contributed by atoms with van der Waals surface area (Å²) >= 11 is 0. The molecular weight excluding hydrogens is 330 g/mol. The molecule has 0 aliphatic carbocycles. The zero-order valence-electron chi connectivity index (χ0n) is 14.9. The Labute approximate surface area is 150 Å². The molecule has 0 fully saturated rings. The molecule has 0 spiro atoms. The first-order valence-electron chi connectivity index (χ1n) is 8.36. The molecule has 3 aromatic heterocycles. The zero-order valence-corrected chi connectivity index (χ0v) is 14.9. The van der Waals surface area contributed by atoms with Crippen molar-refractivity contribution in [1.29, 1.82) is 0 Å². The van der Waals surface area contributed by atoms with Crippen molar-refractivity contribution in [3.63, 3.8) is 0 Å². The molecule has 1 aliphatic heterocycles. The van der Waals surface area contributed by atoms with Crippen LogP contribution in [0.2, 0.25) is 0 Å². The molecule has 0 saturated carbocycles. The van der Waals surface area contributed by atoms with E-state index < -0.39 is 5.66 Å². The minimum absolute atomic E-state index is 0.291. The van der Waals surface area contributed by atoms with Crippen LogP contribution in [-0.2, 0) is 12.7 Å². The summed E-state index contributed by atoms with van der Waals surface area (Å²) in [5.41, 5.74) is 8.76. The Kier molecular flexibility index (Phi) is 3.73.